The van der Waals surface area contributed by atoms with Crippen LogP contribution in [0.2, 0.25) is 0 Å². The summed E-state index contributed by atoms with van der Waals surface area (Å²) in [6.07, 6.45) is 4.62. The van der Waals surface area contributed by atoms with Crippen molar-refractivity contribution in [3.63, 3.8) is 0 Å². The molecule has 1 atom stereocenters. The summed E-state index contributed by atoms with van der Waals surface area (Å²) in [5.74, 6) is 1.19. The molecule has 0 aromatic carbocycles. The Morgan fingerprint density at radius 2 is 2.18 bits per heavy atom. The van der Waals surface area contributed by atoms with Gasteiger partial charge in [0.05, 0.1) is 23.6 Å². The predicted molar refractivity (Wildman–Crippen MR) is 89.2 cm³/mol. The Labute approximate surface area is 142 Å². The lowest BCUT2D eigenvalue weighted by atomic mass is 10.1. The van der Waals surface area contributed by atoms with Crippen LogP contribution in [0.4, 0.5) is 5.82 Å². The van der Waals surface area contributed by atoms with E-state index >= 15 is 0 Å². The van der Waals surface area contributed by atoms with Crippen LogP contribution in [0.15, 0.2) is 15.8 Å². The van der Waals surface area contributed by atoms with Gasteiger partial charge in [0.1, 0.15) is 5.82 Å². The molecule has 8 heteroatoms. The van der Waals surface area contributed by atoms with Gasteiger partial charge in [-0.3, -0.25) is 4.79 Å². The third kappa shape index (κ3) is 3.38. The van der Waals surface area contributed by atoms with Crippen molar-refractivity contribution < 1.29 is 9.53 Å². The molecule has 2 fully saturated rings. The van der Waals surface area contributed by atoms with Crippen LogP contribution in [0.3, 0.4) is 0 Å². The number of hydrogen-bond acceptors (Lipinski definition) is 6. The Morgan fingerprint density at radius 3 is 2.91 bits per heavy atom. The molecule has 6 nitrogen and oxygen atoms in total. The van der Waals surface area contributed by atoms with Crippen molar-refractivity contribution in [1.29, 1.82) is 0 Å². The number of halogens is 1. The van der Waals surface area contributed by atoms with Gasteiger partial charge in [0, 0.05) is 32.4 Å². The molecule has 0 radical (unpaired) electrons. The van der Waals surface area contributed by atoms with Gasteiger partial charge in [-0.15, -0.1) is 0 Å². The number of hydrogen-bond donors (Lipinski definition) is 0. The monoisotopic (exact) mass is 386 g/mol. The quantitative estimate of drug-likeness (QED) is 0.581. The number of ether oxygens (including phenoxy) is 1. The molecule has 1 aromatic rings. The summed E-state index contributed by atoms with van der Waals surface area (Å²) >= 11 is 5.04. The van der Waals surface area contributed by atoms with Gasteiger partial charge < -0.3 is 14.5 Å². The molecule has 0 saturated carbocycles. The van der Waals surface area contributed by atoms with E-state index in [1.165, 1.54) is 11.8 Å². The Morgan fingerprint density at radius 1 is 1.41 bits per heavy atom. The Hall–Kier alpha value is -0.860. The normalized spacial score (nSPS) is 22.2. The number of nitrogens with zero attached hydrogens (tertiary/aromatic N) is 4. The second-order valence-electron chi connectivity index (χ2n) is 5.40. The minimum absolute atomic E-state index is 0.0534. The minimum atomic E-state index is 0.0534. The molecule has 2 aliphatic rings. The maximum Gasteiger partial charge on any atom is 0.227 e. The van der Waals surface area contributed by atoms with Gasteiger partial charge >= 0.3 is 0 Å². The zero-order valence-electron chi connectivity index (χ0n) is 12.5. The van der Waals surface area contributed by atoms with E-state index in [-0.39, 0.29) is 11.8 Å². The Bertz CT molecular complexity index is 554. The van der Waals surface area contributed by atoms with Gasteiger partial charge in [0.2, 0.25) is 5.91 Å². The number of morpholine rings is 1. The fourth-order valence-electron chi connectivity index (χ4n) is 2.86. The highest BCUT2D eigenvalue weighted by Gasteiger charge is 2.33. The predicted octanol–water partition coefficient (Wildman–Crippen LogP) is 1.65. The van der Waals surface area contributed by atoms with Gasteiger partial charge in [0.25, 0.3) is 0 Å². The maximum absolute atomic E-state index is 12.6. The number of carbonyl (C=O) groups is 1. The fraction of sp³-hybridized carbons (Fsp3) is 0.643. The molecule has 0 spiro atoms. The zero-order chi connectivity index (χ0) is 15.5. The summed E-state index contributed by atoms with van der Waals surface area (Å²) in [4.78, 5) is 25.5. The molecule has 0 N–H and O–H groups in total. The van der Waals surface area contributed by atoms with Crippen molar-refractivity contribution >= 4 is 39.4 Å². The lowest BCUT2D eigenvalue weighted by Crippen LogP contribution is -2.44. The van der Waals surface area contributed by atoms with E-state index in [1.54, 1.807) is 6.20 Å². The standard InChI is InChI=1S/C14H19BrN4O2S/c1-22-14-16-8-11(15)12(17-14)19-3-2-10(9-19)13(20)18-4-6-21-7-5-18/h8,10H,2-7,9H2,1H3. The van der Waals surface area contributed by atoms with Crippen molar-refractivity contribution in [2.75, 3.05) is 50.5 Å². The molecular formula is C14H19BrN4O2S. The first-order valence-corrected chi connectivity index (χ1v) is 9.39. The largest absolute Gasteiger partial charge is 0.378 e. The van der Waals surface area contributed by atoms with Crippen LogP contribution < -0.4 is 4.90 Å². The molecule has 0 bridgehead atoms. The van der Waals surface area contributed by atoms with Crippen LogP contribution in [-0.2, 0) is 9.53 Å². The number of rotatable bonds is 3. The van der Waals surface area contributed by atoms with Crippen LogP contribution >= 0.6 is 27.7 Å². The fourth-order valence-corrected chi connectivity index (χ4v) is 3.64. The Balaban J connectivity index is 1.68. The molecule has 2 saturated heterocycles. The van der Waals surface area contributed by atoms with Crippen LogP contribution in [0.1, 0.15) is 6.42 Å². The molecule has 2 aliphatic heterocycles. The van der Waals surface area contributed by atoms with Crippen LogP contribution in [-0.4, -0.2) is 66.4 Å². The van der Waals surface area contributed by atoms with E-state index in [2.05, 4.69) is 30.8 Å². The van der Waals surface area contributed by atoms with Crippen molar-refractivity contribution in [2.24, 2.45) is 5.92 Å². The van der Waals surface area contributed by atoms with Crippen molar-refractivity contribution in [1.82, 2.24) is 14.9 Å². The first-order valence-electron chi connectivity index (χ1n) is 7.37. The number of carbonyl (C=O) groups excluding carboxylic acids is 1. The van der Waals surface area contributed by atoms with E-state index in [0.717, 1.165) is 35.0 Å². The second kappa shape index (κ2) is 7.14. The summed E-state index contributed by atoms with van der Waals surface area (Å²) in [5.41, 5.74) is 0. The second-order valence-corrected chi connectivity index (χ2v) is 7.03. The highest BCUT2D eigenvalue weighted by Crippen LogP contribution is 2.30. The first kappa shape index (κ1) is 16.0. The molecule has 22 heavy (non-hydrogen) atoms. The van der Waals surface area contributed by atoms with Crippen LogP contribution in [0, 0.1) is 5.92 Å². The molecule has 3 heterocycles. The number of thioether (sulfide) groups is 1. The highest BCUT2D eigenvalue weighted by atomic mass is 79.9. The molecule has 1 aromatic heterocycles. The molecular weight excluding hydrogens is 368 g/mol. The van der Waals surface area contributed by atoms with Gasteiger partial charge in [-0.2, -0.15) is 0 Å². The van der Waals surface area contributed by atoms with Gasteiger partial charge in [0.15, 0.2) is 5.16 Å². The number of amides is 1. The minimum Gasteiger partial charge on any atom is -0.378 e. The third-order valence-corrected chi connectivity index (χ3v) is 5.17. The van der Waals surface area contributed by atoms with Crippen LogP contribution in [0.5, 0.6) is 0 Å². The van der Waals surface area contributed by atoms with E-state index in [0.29, 0.717) is 26.3 Å². The molecule has 1 unspecified atom stereocenters. The summed E-state index contributed by atoms with van der Waals surface area (Å²) in [7, 11) is 0. The van der Waals surface area contributed by atoms with E-state index in [1.807, 2.05) is 11.2 Å². The zero-order valence-corrected chi connectivity index (χ0v) is 14.9. The molecule has 1 amide bonds. The molecule has 0 aliphatic carbocycles. The van der Waals surface area contributed by atoms with Gasteiger partial charge in [-0.05, 0) is 28.6 Å². The van der Waals surface area contributed by atoms with E-state index in [9.17, 15) is 4.79 Å². The first-order chi connectivity index (χ1) is 10.7. The number of anilines is 1. The Kier molecular flexibility index (Phi) is 5.20. The summed E-state index contributed by atoms with van der Waals surface area (Å²) in [5, 5.41) is 0.751. The van der Waals surface area contributed by atoms with Crippen molar-refractivity contribution in [3.05, 3.63) is 10.7 Å². The topological polar surface area (TPSA) is 58.6 Å². The molecule has 3 rings (SSSR count). The summed E-state index contributed by atoms with van der Waals surface area (Å²) in [6.45, 7) is 4.30. The van der Waals surface area contributed by atoms with Crippen LogP contribution in [0.25, 0.3) is 0 Å². The van der Waals surface area contributed by atoms with Crippen molar-refractivity contribution in [2.45, 2.75) is 11.6 Å². The van der Waals surface area contributed by atoms with E-state index in [4.69, 9.17) is 4.74 Å². The summed E-state index contributed by atoms with van der Waals surface area (Å²) in [6, 6.07) is 0. The van der Waals surface area contributed by atoms with Gasteiger partial charge in [-0.25, -0.2) is 9.97 Å². The molecule has 120 valence electrons. The average Bonchev–Trinajstić information content (AvgIpc) is 3.05. The lowest BCUT2D eigenvalue weighted by molar-refractivity contribution is -0.138. The number of aromatic nitrogens is 2. The smallest absolute Gasteiger partial charge is 0.227 e. The van der Waals surface area contributed by atoms with Crippen molar-refractivity contribution in [3.8, 4) is 0 Å². The highest BCUT2D eigenvalue weighted by molar-refractivity contribution is 9.10. The lowest BCUT2D eigenvalue weighted by Gasteiger charge is -2.29. The SMILES string of the molecule is CSc1ncc(Br)c(N2CCC(C(=O)N3CCOCC3)C2)n1. The third-order valence-electron chi connectivity index (χ3n) is 4.05. The van der Waals surface area contributed by atoms with Gasteiger partial charge in [-0.1, -0.05) is 11.8 Å². The maximum atomic E-state index is 12.6. The summed E-state index contributed by atoms with van der Waals surface area (Å²) < 4.78 is 6.19. The average molecular weight is 387 g/mol. The van der Waals surface area contributed by atoms with E-state index < -0.39 is 0 Å².